The van der Waals surface area contributed by atoms with Gasteiger partial charge >= 0.3 is 0 Å². The molecule has 2 aromatic carbocycles. The molecule has 2 heterocycles. The largest absolute Gasteiger partial charge is 0.366 e. The summed E-state index contributed by atoms with van der Waals surface area (Å²) in [6.07, 6.45) is 0.951. The molecular formula is C28H38Cl2N8O. The summed E-state index contributed by atoms with van der Waals surface area (Å²) in [5.74, 6) is 1.40. The number of carbonyl (C=O) groups excluding carboxylic acids is 1. The van der Waals surface area contributed by atoms with E-state index in [0.717, 1.165) is 43.7 Å². The number of aromatic nitrogens is 3. The number of aryl methyl sites for hydroxylation is 1. The van der Waals surface area contributed by atoms with Gasteiger partial charge in [0.2, 0.25) is 23.8 Å². The summed E-state index contributed by atoms with van der Waals surface area (Å²) in [4.78, 5) is 30.1. The third-order valence-electron chi connectivity index (χ3n) is 6.37. The standard InChI is InChI=1S/C27H34Cl2N8O.CH4/c1-16(2)13-36(4)27-34-25(33-26(35-27)32-23-12-19(24(30)38)7-5-17(23)3)31-20-9-10-37(15-20)14-18-6-8-21(28)22(29)11-18;/h5-8,11-12,16,20H,9-10,13-15H2,1-4H3,(H2,30,38)(H2,31,32,33,34,35);1H4/t20-;/m0./s1. The predicted octanol–water partition coefficient (Wildman–Crippen LogP) is 5.74. The van der Waals surface area contributed by atoms with Crippen molar-refractivity contribution in [3.05, 3.63) is 63.1 Å². The van der Waals surface area contributed by atoms with Crippen LogP contribution >= 0.6 is 23.2 Å². The first-order valence-electron chi connectivity index (χ1n) is 12.6. The number of anilines is 4. The quantitative estimate of drug-likeness (QED) is 0.281. The number of likely N-dealkylation sites (tertiary alicyclic amines) is 1. The van der Waals surface area contributed by atoms with E-state index in [2.05, 4.69) is 39.3 Å². The van der Waals surface area contributed by atoms with Gasteiger partial charge in [-0.25, -0.2) is 0 Å². The van der Waals surface area contributed by atoms with Crippen LogP contribution in [0.2, 0.25) is 10.0 Å². The van der Waals surface area contributed by atoms with Gasteiger partial charge in [-0.15, -0.1) is 0 Å². The lowest BCUT2D eigenvalue weighted by Gasteiger charge is -2.22. The third-order valence-corrected chi connectivity index (χ3v) is 7.11. The van der Waals surface area contributed by atoms with Crippen molar-refractivity contribution in [3.8, 4) is 0 Å². The number of benzene rings is 2. The van der Waals surface area contributed by atoms with Gasteiger partial charge < -0.3 is 21.3 Å². The van der Waals surface area contributed by atoms with Gasteiger partial charge in [-0.05, 0) is 54.7 Å². The topological polar surface area (TPSA) is 112 Å². The van der Waals surface area contributed by atoms with E-state index >= 15 is 0 Å². The Hall–Kier alpha value is -3.14. The number of rotatable bonds is 10. The van der Waals surface area contributed by atoms with E-state index < -0.39 is 5.91 Å². The van der Waals surface area contributed by atoms with Gasteiger partial charge in [0.05, 0.1) is 10.0 Å². The smallest absolute Gasteiger partial charge is 0.248 e. The molecule has 0 aliphatic carbocycles. The molecule has 4 N–H and O–H groups in total. The average molecular weight is 574 g/mol. The van der Waals surface area contributed by atoms with Crippen molar-refractivity contribution in [2.45, 2.75) is 47.2 Å². The van der Waals surface area contributed by atoms with Gasteiger partial charge in [-0.3, -0.25) is 9.69 Å². The van der Waals surface area contributed by atoms with Crippen LogP contribution in [0.3, 0.4) is 0 Å². The van der Waals surface area contributed by atoms with Gasteiger partial charge in [0.15, 0.2) is 0 Å². The third kappa shape index (κ3) is 8.17. The Kier molecular flexibility index (Phi) is 10.4. The van der Waals surface area contributed by atoms with Crippen LogP contribution in [0.5, 0.6) is 0 Å². The molecule has 4 rings (SSSR count). The summed E-state index contributed by atoms with van der Waals surface area (Å²) in [7, 11) is 1.97. The molecule has 0 saturated carbocycles. The Morgan fingerprint density at radius 3 is 2.56 bits per heavy atom. The number of nitrogens with zero attached hydrogens (tertiary/aromatic N) is 5. The summed E-state index contributed by atoms with van der Waals surface area (Å²) in [5.41, 5.74) is 8.67. The highest BCUT2D eigenvalue weighted by Crippen LogP contribution is 2.26. The normalized spacial score (nSPS) is 15.2. The van der Waals surface area contributed by atoms with E-state index in [1.807, 2.05) is 43.1 Å². The molecule has 1 aliphatic rings. The van der Waals surface area contributed by atoms with Crippen molar-refractivity contribution in [2.75, 3.05) is 42.2 Å². The SMILES string of the molecule is C.Cc1ccc(C(N)=O)cc1Nc1nc(N[C@H]2CCN(Cc3ccc(Cl)c(Cl)c3)C2)nc(N(C)CC(C)C)n1. The molecule has 0 spiro atoms. The Morgan fingerprint density at radius 2 is 1.87 bits per heavy atom. The van der Waals surface area contributed by atoms with Crippen LogP contribution in [0.1, 0.15) is 49.2 Å². The van der Waals surface area contributed by atoms with E-state index in [-0.39, 0.29) is 13.5 Å². The molecule has 0 bridgehead atoms. The maximum atomic E-state index is 11.7. The zero-order valence-electron chi connectivity index (χ0n) is 22.1. The maximum absolute atomic E-state index is 11.7. The molecule has 39 heavy (non-hydrogen) atoms. The number of nitrogens with two attached hydrogens (primary N) is 1. The number of nitrogens with one attached hydrogen (secondary N) is 2. The molecule has 1 aromatic heterocycles. The zero-order valence-corrected chi connectivity index (χ0v) is 23.6. The number of amides is 1. The van der Waals surface area contributed by atoms with E-state index in [9.17, 15) is 4.79 Å². The summed E-state index contributed by atoms with van der Waals surface area (Å²) < 4.78 is 0. The van der Waals surface area contributed by atoms with Crippen molar-refractivity contribution in [1.82, 2.24) is 19.9 Å². The Labute approximate surface area is 241 Å². The van der Waals surface area contributed by atoms with Crippen LogP contribution in [0.15, 0.2) is 36.4 Å². The highest BCUT2D eigenvalue weighted by molar-refractivity contribution is 6.42. The molecular weight excluding hydrogens is 535 g/mol. The van der Waals surface area contributed by atoms with Gasteiger partial charge in [0.1, 0.15) is 0 Å². The first-order chi connectivity index (χ1) is 18.1. The highest BCUT2D eigenvalue weighted by atomic mass is 35.5. The summed E-state index contributed by atoms with van der Waals surface area (Å²) >= 11 is 12.3. The molecule has 11 heteroatoms. The minimum absolute atomic E-state index is 0. The highest BCUT2D eigenvalue weighted by Gasteiger charge is 2.24. The lowest BCUT2D eigenvalue weighted by Crippen LogP contribution is -2.28. The van der Waals surface area contributed by atoms with Crippen molar-refractivity contribution in [3.63, 3.8) is 0 Å². The average Bonchev–Trinajstić information content (AvgIpc) is 3.28. The number of primary amides is 1. The second-order valence-corrected chi connectivity index (χ2v) is 11.0. The molecule has 1 amide bonds. The number of halogens is 2. The molecule has 210 valence electrons. The van der Waals surface area contributed by atoms with Crippen LogP contribution in [-0.4, -0.2) is 58.5 Å². The van der Waals surface area contributed by atoms with E-state index in [0.29, 0.717) is 45.1 Å². The van der Waals surface area contributed by atoms with Gasteiger partial charge in [0, 0.05) is 50.5 Å². The van der Waals surface area contributed by atoms with Crippen LogP contribution < -0.4 is 21.3 Å². The lowest BCUT2D eigenvalue weighted by molar-refractivity contribution is 0.100. The van der Waals surface area contributed by atoms with Crippen LogP contribution in [0.25, 0.3) is 0 Å². The predicted molar refractivity (Wildman–Crippen MR) is 161 cm³/mol. The second-order valence-electron chi connectivity index (χ2n) is 10.2. The molecule has 1 aliphatic heterocycles. The van der Waals surface area contributed by atoms with Crippen molar-refractivity contribution in [1.29, 1.82) is 0 Å². The molecule has 1 fully saturated rings. The number of hydrogen-bond acceptors (Lipinski definition) is 8. The molecule has 9 nitrogen and oxygen atoms in total. The summed E-state index contributed by atoms with van der Waals surface area (Å²) in [6, 6.07) is 11.2. The van der Waals surface area contributed by atoms with Crippen LogP contribution in [0, 0.1) is 12.8 Å². The van der Waals surface area contributed by atoms with E-state index in [1.54, 1.807) is 12.1 Å². The minimum atomic E-state index is -0.491. The molecule has 1 atom stereocenters. The Morgan fingerprint density at radius 1 is 1.13 bits per heavy atom. The Bertz CT molecular complexity index is 1300. The molecule has 1 saturated heterocycles. The molecule has 0 radical (unpaired) electrons. The van der Waals surface area contributed by atoms with E-state index in [1.165, 1.54) is 0 Å². The molecule has 0 unspecified atom stereocenters. The van der Waals surface area contributed by atoms with Gasteiger partial charge in [-0.2, -0.15) is 15.0 Å². The van der Waals surface area contributed by atoms with Gasteiger partial charge in [-0.1, -0.05) is 56.6 Å². The minimum Gasteiger partial charge on any atom is -0.366 e. The van der Waals surface area contributed by atoms with Crippen LogP contribution in [0.4, 0.5) is 23.5 Å². The monoisotopic (exact) mass is 572 g/mol. The van der Waals surface area contributed by atoms with Crippen molar-refractivity contribution >= 4 is 52.6 Å². The molecule has 3 aromatic rings. The first-order valence-corrected chi connectivity index (χ1v) is 13.4. The van der Waals surface area contributed by atoms with Crippen molar-refractivity contribution < 1.29 is 4.79 Å². The van der Waals surface area contributed by atoms with Gasteiger partial charge in [0.25, 0.3) is 0 Å². The van der Waals surface area contributed by atoms with Crippen molar-refractivity contribution in [2.24, 2.45) is 11.7 Å². The van der Waals surface area contributed by atoms with E-state index in [4.69, 9.17) is 33.9 Å². The fraction of sp³-hybridized carbons (Fsp3) is 0.429. The lowest BCUT2D eigenvalue weighted by atomic mass is 10.1. The fourth-order valence-corrected chi connectivity index (χ4v) is 4.81. The maximum Gasteiger partial charge on any atom is 0.248 e. The second kappa shape index (κ2) is 13.3. The summed E-state index contributed by atoms with van der Waals surface area (Å²) in [5, 5.41) is 7.89. The fourth-order valence-electron chi connectivity index (χ4n) is 4.49. The zero-order chi connectivity index (χ0) is 27.4. The number of hydrogen-bond donors (Lipinski definition) is 3. The Balaban J connectivity index is 0.00000420. The summed E-state index contributed by atoms with van der Waals surface area (Å²) in [6.45, 7) is 9.60. The first kappa shape index (κ1) is 30.4. The number of carbonyl (C=O) groups is 1. The van der Waals surface area contributed by atoms with Crippen LogP contribution in [-0.2, 0) is 6.54 Å².